The maximum absolute atomic E-state index is 11.1. The minimum absolute atomic E-state index is 0.248. The van der Waals surface area contributed by atoms with E-state index in [-0.39, 0.29) is 5.56 Å². The topological polar surface area (TPSA) is 67.8 Å². The molecular weight excluding hydrogens is 222 g/mol. The van der Waals surface area contributed by atoms with E-state index in [1.807, 2.05) is 7.05 Å². The number of benzene rings is 1. The summed E-state index contributed by atoms with van der Waals surface area (Å²) in [5.74, 6) is 0.0127. The Bertz CT molecular complexity index is 404. The molecule has 0 atom stereocenters. The van der Waals surface area contributed by atoms with Gasteiger partial charge in [-0.2, -0.15) is 0 Å². The van der Waals surface area contributed by atoms with Gasteiger partial charge in [0.1, 0.15) is 0 Å². The van der Waals surface area contributed by atoms with Gasteiger partial charge in [-0.15, -0.1) is 0 Å². The zero-order chi connectivity index (χ0) is 12.8. The van der Waals surface area contributed by atoms with Gasteiger partial charge in [0.25, 0.3) is 0 Å². The summed E-state index contributed by atoms with van der Waals surface area (Å²) in [6.45, 7) is 0.704. The first-order valence-corrected chi connectivity index (χ1v) is 5.26. The van der Waals surface area contributed by atoms with Gasteiger partial charge in [-0.25, -0.2) is 4.79 Å². The standard InChI is InChI=1S/C12H17NO4/c1-13-5-4-8-6-10(16-2)11(17-3)7-9(8)12(14)15/h6-7,13H,4-5H2,1-3H3,(H,14,15). The lowest BCUT2D eigenvalue weighted by atomic mass is 10.0. The van der Waals surface area contributed by atoms with Crippen molar-refractivity contribution in [1.82, 2.24) is 5.32 Å². The molecule has 0 aliphatic heterocycles. The zero-order valence-electron chi connectivity index (χ0n) is 10.2. The van der Waals surface area contributed by atoms with E-state index in [1.165, 1.54) is 20.3 Å². The number of ether oxygens (including phenoxy) is 2. The van der Waals surface area contributed by atoms with E-state index in [9.17, 15) is 4.79 Å². The molecule has 0 spiro atoms. The highest BCUT2D eigenvalue weighted by Gasteiger charge is 2.15. The number of nitrogens with one attached hydrogen (secondary N) is 1. The van der Waals surface area contributed by atoms with E-state index in [1.54, 1.807) is 6.07 Å². The van der Waals surface area contributed by atoms with Gasteiger partial charge < -0.3 is 19.9 Å². The molecule has 5 heteroatoms. The first-order valence-electron chi connectivity index (χ1n) is 5.26. The van der Waals surface area contributed by atoms with Gasteiger partial charge >= 0.3 is 5.97 Å². The van der Waals surface area contributed by atoms with E-state index in [0.29, 0.717) is 24.5 Å². The molecule has 0 bridgehead atoms. The summed E-state index contributed by atoms with van der Waals surface area (Å²) in [4.78, 5) is 11.1. The molecular formula is C12H17NO4. The molecule has 0 aromatic heterocycles. The summed E-state index contributed by atoms with van der Waals surface area (Å²) in [7, 11) is 4.83. The summed E-state index contributed by atoms with van der Waals surface area (Å²) < 4.78 is 10.2. The van der Waals surface area contributed by atoms with E-state index < -0.39 is 5.97 Å². The second kappa shape index (κ2) is 6.10. The average molecular weight is 239 g/mol. The van der Waals surface area contributed by atoms with Crippen LogP contribution in [0.15, 0.2) is 12.1 Å². The van der Waals surface area contributed by atoms with Crippen LogP contribution in [0.3, 0.4) is 0 Å². The minimum Gasteiger partial charge on any atom is -0.493 e. The molecule has 2 N–H and O–H groups in total. The van der Waals surface area contributed by atoms with Crippen molar-refractivity contribution in [2.24, 2.45) is 0 Å². The normalized spacial score (nSPS) is 10.1. The van der Waals surface area contributed by atoms with Gasteiger partial charge in [-0.1, -0.05) is 0 Å². The quantitative estimate of drug-likeness (QED) is 0.779. The molecule has 0 aliphatic rings. The third-order valence-electron chi connectivity index (χ3n) is 2.48. The highest BCUT2D eigenvalue weighted by atomic mass is 16.5. The molecule has 5 nitrogen and oxygen atoms in total. The highest BCUT2D eigenvalue weighted by molar-refractivity contribution is 5.90. The number of carboxylic acid groups (broad SMARTS) is 1. The Hall–Kier alpha value is -1.75. The summed E-state index contributed by atoms with van der Waals surface area (Å²) in [5.41, 5.74) is 0.974. The second-order valence-electron chi connectivity index (χ2n) is 3.52. The number of rotatable bonds is 6. The zero-order valence-corrected chi connectivity index (χ0v) is 10.2. The lowest BCUT2D eigenvalue weighted by Crippen LogP contribution is -2.13. The SMILES string of the molecule is CNCCc1cc(OC)c(OC)cc1C(=O)O. The molecule has 0 radical (unpaired) electrons. The Morgan fingerprint density at radius 1 is 1.29 bits per heavy atom. The summed E-state index contributed by atoms with van der Waals surface area (Å²) in [5, 5.41) is 12.1. The van der Waals surface area contributed by atoms with E-state index in [4.69, 9.17) is 14.6 Å². The molecule has 1 rings (SSSR count). The fraction of sp³-hybridized carbons (Fsp3) is 0.417. The Kier molecular flexibility index (Phi) is 4.78. The molecule has 17 heavy (non-hydrogen) atoms. The van der Waals surface area contributed by atoms with Crippen molar-refractivity contribution < 1.29 is 19.4 Å². The molecule has 0 saturated heterocycles. The first kappa shape index (κ1) is 13.3. The van der Waals surface area contributed by atoms with Gasteiger partial charge in [-0.05, 0) is 37.7 Å². The molecule has 0 aliphatic carbocycles. The van der Waals surface area contributed by atoms with E-state index in [0.717, 1.165) is 5.56 Å². The Morgan fingerprint density at radius 3 is 2.35 bits per heavy atom. The maximum Gasteiger partial charge on any atom is 0.336 e. The van der Waals surface area contributed by atoms with Crippen LogP contribution in [0.4, 0.5) is 0 Å². The number of carboxylic acids is 1. The van der Waals surface area contributed by atoms with Crippen molar-refractivity contribution in [2.45, 2.75) is 6.42 Å². The lowest BCUT2D eigenvalue weighted by molar-refractivity contribution is 0.0695. The molecule has 0 fully saturated rings. The van der Waals surface area contributed by atoms with Crippen molar-refractivity contribution in [3.8, 4) is 11.5 Å². The number of aromatic carboxylic acids is 1. The van der Waals surface area contributed by atoms with Crippen molar-refractivity contribution in [3.63, 3.8) is 0 Å². The highest BCUT2D eigenvalue weighted by Crippen LogP contribution is 2.30. The number of likely N-dealkylation sites (N-methyl/N-ethyl adjacent to an activating group) is 1. The van der Waals surface area contributed by atoms with Gasteiger partial charge in [0.05, 0.1) is 19.8 Å². The molecule has 0 saturated carbocycles. The molecule has 0 unspecified atom stereocenters. The minimum atomic E-state index is -0.961. The van der Waals surface area contributed by atoms with E-state index >= 15 is 0 Å². The van der Waals surface area contributed by atoms with E-state index in [2.05, 4.69) is 5.32 Å². The number of hydrogen-bond donors (Lipinski definition) is 2. The van der Waals surface area contributed by atoms with Crippen LogP contribution in [-0.4, -0.2) is 38.9 Å². The van der Waals surface area contributed by atoms with Crippen LogP contribution in [0.1, 0.15) is 15.9 Å². The Balaban J connectivity index is 3.19. The number of carbonyl (C=O) groups is 1. The second-order valence-corrected chi connectivity index (χ2v) is 3.52. The van der Waals surface area contributed by atoms with Crippen LogP contribution in [0, 0.1) is 0 Å². The maximum atomic E-state index is 11.1. The molecule has 0 amide bonds. The van der Waals surface area contributed by atoms with Crippen molar-refractivity contribution in [2.75, 3.05) is 27.8 Å². The van der Waals surface area contributed by atoms with Gasteiger partial charge in [0.2, 0.25) is 0 Å². The van der Waals surface area contributed by atoms with Crippen LogP contribution >= 0.6 is 0 Å². The van der Waals surface area contributed by atoms with Crippen LogP contribution in [0.25, 0.3) is 0 Å². The fourth-order valence-electron chi connectivity index (χ4n) is 1.59. The van der Waals surface area contributed by atoms with Gasteiger partial charge in [0.15, 0.2) is 11.5 Å². The van der Waals surface area contributed by atoms with Crippen LogP contribution in [0.5, 0.6) is 11.5 Å². The van der Waals surface area contributed by atoms with Crippen molar-refractivity contribution >= 4 is 5.97 Å². The molecule has 94 valence electrons. The summed E-state index contributed by atoms with van der Waals surface area (Å²) in [6.07, 6.45) is 0.623. The molecule has 1 aromatic carbocycles. The Labute approximate surface area is 100 Å². The summed E-state index contributed by atoms with van der Waals surface area (Å²) in [6, 6.07) is 3.20. The summed E-state index contributed by atoms with van der Waals surface area (Å²) >= 11 is 0. The average Bonchev–Trinajstić information content (AvgIpc) is 2.34. The largest absolute Gasteiger partial charge is 0.493 e. The predicted octanol–water partition coefficient (Wildman–Crippen LogP) is 1.16. The van der Waals surface area contributed by atoms with Crippen LogP contribution in [-0.2, 0) is 6.42 Å². The monoisotopic (exact) mass is 239 g/mol. The third kappa shape index (κ3) is 3.10. The first-order chi connectivity index (χ1) is 8.13. The lowest BCUT2D eigenvalue weighted by Gasteiger charge is -2.12. The van der Waals surface area contributed by atoms with Crippen molar-refractivity contribution in [1.29, 1.82) is 0 Å². The van der Waals surface area contributed by atoms with Crippen LogP contribution in [0.2, 0.25) is 0 Å². The van der Waals surface area contributed by atoms with Crippen molar-refractivity contribution in [3.05, 3.63) is 23.3 Å². The third-order valence-corrected chi connectivity index (χ3v) is 2.48. The number of hydrogen-bond acceptors (Lipinski definition) is 4. The van der Waals surface area contributed by atoms with Crippen LogP contribution < -0.4 is 14.8 Å². The smallest absolute Gasteiger partial charge is 0.336 e. The van der Waals surface area contributed by atoms with Gasteiger partial charge in [0, 0.05) is 0 Å². The fourth-order valence-corrected chi connectivity index (χ4v) is 1.59. The number of methoxy groups -OCH3 is 2. The predicted molar refractivity (Wildman–Crippen MR) is 64.1 cm³/mol. The Morgan fingerprint density at radius 2 is 1.88 bits per heavy atom. The molecule has 1 aromatic rings. The van der Waals surface area contributed by atoms with Gasteiger partial charge in [-0.3, -0.25) is 0 Å². The molecule has 0 heterocycles.